The fraction of sp³-hybridized carbons (Fsp3) is 0.400. The van der Waals surface area contributed by atoms with Gasteiger partial charge in [0, 0.05) is 13.1 Å². The third-order valence-electron chi connectivity index (χ3n) is 6.47. The van der Waals surface area contributed by atoms with Crippen molar-refractivity contribution >= 4 is 60.1 Å². The zero-order valence-electron chi connectivity index (χ0n) is 20.5. The van der Waals surface area contributed by atoms with Crippen molar-refractivity contribution < 1.29 is 14.3 Å². The minimum Gasteiger partial charge on any atom is -0.497 e. The van der Waals surface area contributed by atoms with Gasteiger partial charge in [0.1, 0.15) is 17.1 Å². The molecule has 1 aliphatic heterocycles. The molecule has 2 atom stereocenters. The molecule has 1 N–H and O–H groups in total. The molecule has 1 fully saturated rings. The Morgan fingerprint density at radius 1 is 1.19 bits per heavy atom. The van der Waals surface area contributed by atoms with Crippen molar-refractivity contribution in [2.75, 3.05) is 25.5 Å². The van der Waals surface area contributed by atoms with E-state index in [1.54, 1.807) is 14.0 Å². The molecule has 4 heterocycles. The highest BCUT2D eigenvalue weighted by atomic mass is 32.1. The summed E-state index contributed by atoms with van der Waals surface area (Å²) in [7, 11) is 1.60. The van der Waals surface area contributed by atoms with Crippen molar-refractivity contribution in [3.05, 3.63) is 45.3 Å². The van der Waals surface area contributed by atoms with Gasteiger partial charge in [0.25, 0.3) is 11.5 Å². The molecule has 11 heteroatoms. The number of amides is 2. The predicted octanol–water partition coefficient (Wildman–Crippen LogP) is 4.14. The lowest BCUT2D eigenvalue weighted by molar-refractivity contribution is -0.134. The third kappa shape index (κ3) is 4.60. The number of methoxy groups -OCH3 is 1. The maximum absolute atomic E-state index is 13.3. The molecule has 1 aliphatic rings. The highest BCUT2D eigenvalue weighted by Gasteiger charge is 2.26. The van der Waals surface area contributed by atoms with E-state index in [1.807, 2.05) is 23.1 Å². The van der Waals surface area contributed by atoms with Crippen LogP contribution in [0.15, 0.2) is 29.3 Å². The summed E-state index contributed by atoms with van der Waals surface area (Å²) in [6.45, 7) is 7.36. The number of nitrogens with one attached hydrogen (secondary N) is 1. The van der Waals surface area contributed by atoms with Crippen molar-refractivity contribution in [2.45, 2.75) is 33.7 Å². The number of hydrogen-bond acceptors (Lipinski definition) is 8. The molecule has 0 radical (unpaired) electrons. The van der Waals surface area contributed by atoms with Gasteiger partial charge in [-0.1, -0.05) is 25.2 Å². The van der Waals surface area contributed by atoms with E-state index in [-0.39, 0.29) is 23.9 Å². The number of fused-ring (bicyclic) bond motifs is 2. The maximum atomic E-state index is 13.3. The van der Waals surface area contributed by atoms with Crippen molar-refractivity contribution in [1.29, 1.82) is 0 Å². The molecule has 0 aliphatic carbocycles. The SMILES string of the molecule is COc1ccc2nc(NC(=O)c3sc4ncn(CC(=O)N5CC(C)CC(C)C5)c(=O)c4c3C)sc2c1. The number of thiazole rings is 1. The van der Waals surface area contributed by atoms with Crippen LogP contribution in [-0.4, -0.2) is 51.4 Å². The largest absolute Gasteiger partial charge is 0.497 e. The lowest BCUT2D eigenvalue weighted by Gasteiger charge is -2.35. The van der Waals surface area contributed by atoms with Crippen LogP contribution in [-0.2, 0) is 11.3 Å². The summed E-state index contributed by atoms with van der Waals surface area (Å²) in [5.41, 5.74) is 0.997. The van der Waals surface area contributed by atoms with E-state index in [1.165, 1.54) is 22.2 Å². The lowest BCUT2D eigenvalue weighted by Crippen LogP contribution is -2.44. The summed E-state index contributed by atoms with van der Waals surface area (Å²) in [4.78, 5) is 50.9. The quantitative estimate of drug-likeness (QED) is 0.420. The summed E-state index contributed by atoms with van der Waals surface area (Å²) >= 11 is 2.51. The van der Waals surface area contributed by atoms with Crippen LogP contribution in [0.3, 0.4) is 0 Å². The molecule has 0 bridgehead atoms. The highest BCUT2D eigenvalue weighted by molar-refractivity contribution is 7.23. The summed E-state index contributed by atoms with van der Waals surface area (Å²) in [5.74, 6) is 1.16. The monoisotopic (exact) mass is 525 g/mol. The van der Waals surface area contributed by atoms with E-state index in [9.17, 15) is 14.4 Å². The second-order valence-corrected chi connectivity index (χ2v) is 11.5. The molecular weight excluding hydrogens is 498 g/mol. The number of likely N-dealkylation sites (tertiary alicyclic amines) is 1. The number of hydrogen-bond donors (Lipinski definition) is 1. The molecular formula is C25H27N5O4S2. The zero-order valence-corrected chi connectivity index (χ0v) is 22.2. The van der Waals surface area contributed by atoms with Crippen molar-refractivity contribution in [3.63, 3.8) is 0 Å². The van der Waals surface area contributed by atoms with E-state index in [2.05, 4.69) is 29.1 Å². The summed E-state index contributed by atoms with van der Waals surface area (Å²) < 4.78 is 7.49. The summed E-state index contributed by atoms with van der Waals surface area (Å²) in [6.07, 6.45) is 2.50. The number of carbonyl (C=O) groups is 2. The van der Waals surface area contributed by atoms with Gasteiger partial charge in [0.15, 0.2) is 5.13 Å². The summed E-state index contributed by atoms with van der Waals surface area (Å²) in [5, 5.41) is 3.67. The van der Waals surface area contributed by atoms with Crippen molar-refractivity contribution in [1.82, 2.24) is 19.4 Å². The van der Waals surface area contributed by atoms with Crippen LogP contribution in [0.1, 0.15) is 35.5 Å². The zero-order chi connectivity index (χ0) is 25.6. The Hall–Kier alpha value is -3.31. The van der Waals surface area contributed by atoms with Gasteiger partial charge in [-0.05, 0) is 48.9 Å². The normalized spacial score (nSPS) is 18.1. The number of ether oxygens (including phenoxy) is 1. The van der Waals surface area contributed by atoms with Gasteiger partial charge in [-0.25, -0.2) is 9.97 Å². The van der Waals surface area contributed by atoms with Gasteiger partial charge in [-0.3, -0.25) is 24.3 Å². The topological polar surface area (TPSA) is 106 Å². The molecule has 3 aromatic heterocycles. The number of nitrogens with zero attached hydrogens (tertiary/aromatic N) is 4. The van der Waals surface area contributed by atoms with E-state index in [0.29, 0.717) is 50.7 Å². The number of anilines is 1. The molecule has 188 valence electrons. The Bertz CT molecular complexity index is 1530. The van der Waals surface area contributed by atoms with Crippen LogP contribution in [0.4, 0.5) is 5.13 Å². The van der Waals surface area contributed by atoms with Gasteiger partial charge < -0.3 is 9.64 Å². The van der Waals surface area contributed by atoms with Crippen molar-refractivity contribution in [3.8, 4) is 5.75 Å². The minimum absolute atomic E-state index is 0.0623. The number of aryl methyl sites for hydroxylation is 1. The van der Waals surface area contributed by atoms with Gasteiger partial charge in [-0.15, -0.1) is 11.3 Å². The Kier molecular flexibility index (Phi) is 6.52. The molecule has 36 heavy (non-hydrogen) atoms. The van der Waals surface area contributed by atoms with Crippen LogP contribution < -0.4 is 15.6 Å². The van der Waals surface area contributed by atoms with Crippen LogP contribution in [0.5, 0.6) is 5.75 Å². The second-order valence-electron chi connectivity index (χ2n) is 9.47. The number of carbonyl (C=O) groups excluding carboxylic acids is 2. The molecule has 9 nitrogen and oxygen atoms in total. The van der Waals surface area contributed by atoms with Crippen LogP contribution in [0.2, 0.25) is 0 Å². The number of thiophene rings is 1. The molecule has 2 unspecified atom stereocenters. The number of benzene rings is 1. The van der Waals surface area contributed by atoms with Crippen LogP contribution >= 0.6 is 22.7 Å². The Balaban J connectivity index is 1.38. The van der Waals surface area contributed by atoms with Gasteiger partial charge >= 0.3 is 0 Å². The van der Waals surface area contributed by atoms with Crippen LogP contribution in [0, 0.1) is 18.8 Å². The van der Waals surface area contributed by atoms with E-state index >= 15 is 0 Å². The van der Waals surface area contributed by atoms with Gasteiger partial charge in [0.05, 0.1) is 33.9 Å². The third-order valence-corrected chi connectivity index (χ3v) is 8.60. The second kappa shape index (κ2) is 9.62. The fourth-order valence-corrected chi connectivity index (χ4v) is 6.76. The van der Waals surface area contributed by atoms with Gasteiger partial charge in [-0.2, -0.15) is 0 Å². The number of rotatable bonds is 5. The highest BCUT2D eigenvalue weighted by Crippen LogP contribution is 2.31. The first-order valence-electron chi connectivity index (χ1n) is 11.8. The predicted molar refractivity (Wildman–Crippen MR) is 142 cm³/mol. The molecule has 5 rings (SSSR count). The Morgan fingerprint density at radius 2 is 1.94 bits per heavy atom. The first-order chi connectivity index (χ1) is 17.2. The fourth-order valence-electron chi connectivity index (χ4n) is 4.84. The summed E-state index contributed by atoms with van der Waals surface area (Å²) in [6, 6.07) is 5.52. The molecule has 1 saturated heterocycles. The number of aromatic nitrogens is 3. The molecule has 0 saturated carbocycles. The maximum Gasteiger partial charge on any atom is 0.267 e. The Morgan fingerprint density at radius 3 is 2.67 bits per heavy atom. The molecule has 0 spiro atoms. The van der Waals surface area contributed by atoms with E-state index < -0.39 is 0 Å². The molecule has 1 aromatic carbocycles. The first kappa shape index (κ1) is 24.4. The average Bonchev–Trinajstić information content (AvgIpc) is 3.39. The van der Waals surface area contributed by atoms with Crippen LogP contribution in [0.25, 0.3) is 20.4 Å². The average molecular weight is 526 g/mol. The van der Waals surface area contributed by atoms with Crippen molar-refractivity contribution in [2.24, 2.45) is 11.8 Å². The standard InChI is InChI=1S/C25H27N5O4S2/c1-13-7-14(2)10-29(9-13)19(31)11-30-12-26-23-20(24(30)33)15(3)21(36-23)22(32)28-25-27-17-6-5-16(34-4)8-18(17)35-25/h5-6,8,12-14H,7,9-11H2,1-4H3,(H,27,28,32). The Labute approximate surface area is 215 Å². The number of piperidine rings is 1. The lowest BCUT2D eigenvalue weighted by atomic mass is 9.92. The smallest absolute Gasteiger partial charge is 0.267 e. The van der Waals surface area contributed by atoms with E-state index in [0.717, 1.165) is 33.7 Å². The van der Waals surface area contributed by atoms with E-state index in [4.69, 9.17) is 4.74 Å². The first-order valence-corrected chi connectivity index (χ1v) is 13.4. The molecule has 2 amide bonds. The van der Waals surface area contributed by atoms with Gasteiger partial charge in [0.2, 0.25) is 5.91 Å². The minimum atomic E-state index is -0.347. The molecule has 4 aromatic rings.